The van der Waals surface area contributed by atoms with Gasteiger partial charge in [-0.15, -0.1) is 0 Å². The highest BCUT2D eigenvalue weighted by Crippen LogP contribution is 2.12. The van der Waals surface area contributed by atoms with Gasteiger partial charge < -0.3 is 10.1 Å². The van der Waals surface area contributed by atoms with Crippen molar-refractivity contribution in [2.45, 2.75) is 59.5 Å². The molecule has 0 aromatic heterocycles. The third-order valence-corrected chi connectivity index (χ3v) is 2.96. The normalized spacial score (nSPS) is 16.9. The number of esters is 1. The van der Waals surface area contributed by atoms with Gasteiger partial charge in [0.05, 0.1) is 7.11 Å². The largest absolute Gasteiger partial charge is 0.468 e. The van der Waals surface area contributed by atoms with Crippen LogP contribution in [0.1, 0.15) is 47.5 Å². The van der Waals surface area contributed by atoms with E-state index >= 15 is 0 Å². The van der Waals surface area contributed by atoms with Crippen LogP contribution in [0.3, 0.4) is 0 Å². The van der Waals surface area contributed by atoms with E-state index in [2.05, 4.69) is 39.9 Å². The molecule has 0 saturated heterocycles. The Balaban J connectivity index is 4.36. The molecule has 0 rings (SSSR count). The minimum atomic E-state index is -0.177. The maximum absolute atomic E-state index is 11.6. The smallest absolute Gasteiger partial charge is 0.323 e. The predicted molar refractivity (Wildman–Crippen MR) is 67.3 cm³/mol. The average molecular weight is 229 g/mol. The molecular weight excluding hydrogens is 202 g/mol. The molecule has 0 fully saturated rings. The van der Waals surface area contributed by atoms with Crippen LogP contribution >= 0.6 is 0 Å². The summed E-state index contributed by atoms with van der Waals surface area (Å²) in [5, 5.41) is 3.38. The zero-order chi connectivity index (χ0) is 12.7. The molecule has 0 bridgehead atoms. The summed E-state index contributed by atoms with van der Waals surface area (Å²) in [5.74, 6) is 0.796. The van der Waals surface area contributed by atoms with Crippen molar-refractivity contribution in [2.24, 2.45) is 11.8 Å². The van der Waals surface area contributed by atoms with Crippen LogP contribution in [0.5, 0.6) is 0 Å². The van der Waals surface area contributed by atoms with Crippen molar-refractivity contribution in [1.82, 2.24) is 5.32 Å². The zero-order valence-electron chi connectivity index (χ0n) is 11.5. The molecule has 96 valence electrons. The topological polar surface area (TPSA) is 38.3 Å². The predicted octanol–water partition coefficient (Wildman–Crippen LogP) is 2.60. The number of carbonyl (C=O) groups excluding carboxylic acids is 1. The highest BCUT2D eigenvalue weighted by molar-refractivity contribution is 5.76. The Kier molecular flexibility index (Phi) is 7.39. The molecular formula is C13H27NO2. The van der Waals surface area contributed by atoms with Crippen molar-refractivity contribution in [3.8, 4) is 0 Å². The summed E-state index contributed by atoms with van der Waals surface area (Å²) in [7, 11) is 1.45. The van der Waals surface area contributed by atoms with Gasteiger partial charge in [-0.05, 0) is 25.2 Å². The fourth-order valence-electron chi connectivity index (χ4n) is 1.91. The number of methoxy groups -OCH3 is 1. The fourth-order valence-corrected chi connectivity index (χ4v) is 1.91. The first kappa shape index (κ1) is 15.4. The monoisotopic (exact) mass is 229 g/mol. The molecule has 0 amide bonds. The number of carbonyl (C=O) groups is 1. The maximum atomic E-state index is 11.6. The number of ether oxygens (including phenoxy) is 1. The van der Waals surface area contributed by atoms with Crippen LogP contribution < -0.4 is 5.32 Å². The molecule has 0 aromatic rings. The summed E-state index contributed by atoms with van der Waals surface area (Å²) in [6.07, 6.45) is 2.05. The van der Waals surface area contributed by atoms with E-state index in [0.29, 0.717) is 17.9 Å². The standard InChI is InChI=1S/C13H27NO2/c1-7-10(4)12(13(15)16-6)14-11(5)8-9(2)3/h9-12,14H,7-8H2,1-6H3. The van der Waals surface area contributed by atoms with E-state index < -0.39 is 0 Å². The van der Waals surface area contributed by atoms with Crippen LogP contribution in [0.25, 0.3) is 0 Å². The van der Waals surface area contributed by atoms with Crippen LogP contribution in [0.2, 0.25) is 0 Å². The van der Waals surface area contributed by atoms with Crippen molar-refractivity contribution in [2.75, 3.05) is 7.11 Å². The molecule has 0 heterocycles. The van der Waals surface area contributed by atoms with Gasteiger partial charge in [-0.25, -0.2) is 0 Å². The number of nitrogens with one attached hydrogen (secondary N) is 1. The summed E-state index contributed by atoms with van der Waals surface area (Å²) in [6, 6.07) is 0.168. The minimum absolute atomic E-state index is 0.148. The quantitative estimate of drug-likeness (QED) is 0.682. The first-order valence-corrected chi connectivity index (χ1v) is 6.26. The molecule has 1 N–H and O–H groups in total. The van der Waals surface area contributed by atoms with E-state index in [4.69, 9.17) is 4.74 Å². The van der Waals surface area contributed by atoms with Gasteiger partial charge in [0, 0.05) is 6.04 Å². The lowest BCUT2D eigenvalue weighted by molar-refractivity contribution is -0.144. The maximum Gasteiger partial charge on any atom is 0.323 e. The lowest BCUT2D eigenvalue weighted by atomic mass is 9.97. The molecule has 3 atom stereocenters. The first-order valence-electron chi connectivity index (χ1n) is 6.26. The van der Waals surface area contributed by atoms with Gasteiger partial charge in [0.2, 0.25) is 0 Å². The van der Waals surface area contributed by atoms with Gasteiger partial charge in [-0.2, -0.15) is 0 Å². The van der Waals surface area contributed by atoms with Crippen LogP contribution in [0, 0.1) is 11.8 Å². The third-order valence-electron chi connectivity index (χ3n) is 2.96. The van der Waals surface area contributed by atoms with Gasteiger partial charge in [0.25, 0.3) is 0 Å². The lowest BCUT2D eigenvalue weighted by Crippen LogP contribution is -2.47. The second-order valence-electron chi connectivity index (χ2n) is 5.08. The summed E-state index contributed by atoms with van der Waals surface area (Å²) in [6.45, 7) is 10.7. The Hall–Kier alpha value is -0.570. The van der Waals surface area contributed by atoms with Crippen molar-refractivity contribution >= 4 is 5.97 Å². The van der Waals surface area contributed by atoms with Crippen molar-refractivity contribution in [3.63, 3.8) is 0 Å². The Morgan fingerprint density at radius 2 is 1.81 bits per heavy atom. The minimum Gasteiger partial charge on any atom is -0.468 e. The molecule has 0 saturated carbocycles. The van der Waals surface area contributed by atoms with Gasteiger partial charge >= 0.3 is 5.97 Å². The average Bonchev–Trinajstić information content (AvgIpc) is 2.22. The van der Waals surface area contributed by atoms with E-state index in [1.165, 1.54) is 7.11 Å². The van der Waals surface area contributed by atoms with Crippen molar-refractivity contribution < 1.29 is 9.53 Å². The fraction of sp³-hybridized carbons (Fsp3) is 0.923. The van der Waals surface area contributed by atoms with E-state index in [1.54, 1.807) is 0 Å². The van der Waals surface area contributed by atoms with Gasteiger partial charge in [0.1, 0.15) is 6.04 Å². The van der Waals surface area contributed by atoms with Crippen LogP contribution in [-0.2, 0) is 9.53 Å². The van der Waals surface area contributed by atoms with Crippen LogP contribution in [-0.4, -0.2) is 25.2 Å². The Morgan fingerprint density at radius 3 is 2.19 bits per heavy atom. The van der Waals surface area contributed by atoms with Crippen LogP contribution in [0.15, 0.2) is 0 Å². The summed E-state index contributed by atoms with van der Waals surface area (Å²) in [5.41, 5.74) is 0. The van der Waals surface area contributed by atoms with Crippen molar-refractivity contribution in [1.29, 1.82) is 0 Å². The molecule has 0 aromatic carbocycles. The van der Waals surface area contributed by atoms with Gasteiger partial charge in [0.15, 0.2) is 0 Å². The highest BCUT2D eigenvalue weighted by atomic mass is 16.5. The summed E-state index contributed by atoms with van der Waals surface area (Å²) < 4.78 is 4.84. The Bertz CT molecular complexity index is 204. The van der Waals surface area contributed by atoms with Gasteiger partial charge in [-0.1, -0.05) is 34.1 Å². The second kappa shape index (κ2) is 7.66. The van der Waals surface area contributed by atoms with E-state index in [-0.39, 0.29) is 12.0 Å². The molecule has 3 nitrogen and oxygen atoms in total. The first-order chi connectivity index (χ1) is 7.42. The number of rotatable bonds is 7. The lowest BCUT2D eigenvalue weighted by Gasteiger charge is -2.26. The molecule has 3 heteroatoms. The highest BCUT2D eigenvalue weighted by Gasteiger charge is 2.26. The molecule has 0 aliphatic heterocycles. The van der Waals surface area contributed by atoms with E-state index in [9.17, 15) is 4.79 Å². The third kappa shape index (κ3) is 5.50. The SMILES string of the molecule is CCC(C)C(NC(C)CC(C)C)C(=O)OC. The molecule has 3 unspecified atom stereocenters. The summed E-state index contributed by atoms with van der Waals surface area (Å²) in [4.78, 5) is 11.6. The van der Waals surface area contributed by atoms with Crippen LogP contribution in [0.4, 0.5) is 0 Å². The number of hydrogen-bond acceptors (Lipinski definition) is 3. The molecule has 0 aliphatic carbocycles. The van der Waals surface area contributed by atoms with E-state index in [0.717, 1.165) is 12.8 Å². The zero-order valence-corrected chi connectivity index (χ0v) is 11.5. The molecule has 0 spiro atoms. The van der Waals surface area contributed by atoms with E-state index in [1.807, 2.05) is 0 Å². The molecule has 16 heavy (non-hydrogen) atoms. The van der Waals surface area contributed by atoms with Crippen molar-refractivity contribution in [3.05, 3.63) is 0 Å². The molecule has 0 aliphatic rings. The number of hydrogen-bond donors (Lipinski definition) is 1. The molecule has 0 radical (unpaired) electrons. The summed E-state index contributed by atoms with van der Waals surface area (Å²) >= 11 is 0. The Morgan fingerprint density at radius 1 is 1.25 bits per heavy atom. The van der Waals surface area contributed by atoms with Gasteiger partial charge in [-0.3, -0.25) is 4.79 Å². The Labute approximate surface area is 99.9 Å². The second-order valence-corrected chi connectivity index (χ2v) is 5.08.